The van der Waals surface area contributed by atoms with Crippen molar-refractivity contribution in [1.82, 2.24) is 19.1 Å². The Bertz CT molecular complexity index is 2510. The summed E-state index contributed by atoms with van der Waals surface area (Å²) in [5.41, 5.74) is -8.57. The first-order valence-corrected chi connectivity index (χ1v) is 13.4. The van der Waals surface area contributed by atoms with Crippen LogP contribution in [0.2, 0.25) is 0 Å². The van der Waals surface area contributed by atoms with E-state index in [1.165, 1.54) is 30.2 Å². The van der Waals surface area contributed by atoms with Crippen molar-refractivity contribution in [3.05, 3.63) is 104 Å². The van der Waals surface area contributed by atoms with Gasteiger partial charge >= 0.3 is 30.0 Å². The topological polar surface area (TPSA) is 72.5 Å². The molecular formula is C32H15F9N8. The van der Waals surface area contributed by atoms with Gasteiger partial charge in [-0.25, -0.2) is 20.1 Å². The number of rotatable bonds is 2. The number of alkyl halides is 9. The van der Waals surface area contributed by atoms with Crippen LogP contribution in [-0.4, -0.2) is 19.1 Å². The molecule has 8 nitrogen and oxygen atoms in total. The zero-order valence-corrected chi connectivity index (χ0v) is 24.9. The van der Waals surface area contributed by atoms with E-state index in [2.05, 4.69) is 24.5 Å². The first-order chi connectivity index (χ1) is 22.8. The Morgan fingerprint density at radius 3 is 1.61 bits per heavy atom. The predicted octanol–water partition coefficient (Wildman–Crippen LogP) is 7.61. The van der Waals surface area contributed by atoms with Crippen LogP contribution in [0.3, 0.4) is 0 Å². The highest BCUT2D eigenvalue weighted by Gasteiger charge is 2.40. The van der Waals surface area contributed by atoms with Crippen LogP contribution in [0.15, 0.2) is 36.4 Å². The molecule has 0 radical (unpaired) electrons. The molecule has 2 aromatic heterocycles. The Morgan fingerprint density at radius 1 is 0.694 bits per heavy atom. The van der Waals surface area contributed by atoms with Gasteiger partial charge in [0.2, 0.25) is 5.48 Å². The Morgan fingerprint density at radius 2 is 1.16 bits per heavy atom. The van der Waals surface area contributed by atoms with Crippen LogP contribution in [0.25, 0.3) is 70.4 Å². The predicted molar refractivity (Wildman–Crippen MR) is 157 cm³/mol. The van der Waals surface area contributed by atoms with Crippen molar-refractivity contribution < 1.29 is 39.5 Å². The molecule has 246 valence electrons. The lowest BCUT2D eigenvalue weighted by Gasteiger charge is -2.21. The zero-order valence-electron chi connectivity index (χ0n) is 24.9. The molecule has 0 aliphatic carbocycles. The van der Waals surface area contributed by atoms with E-state index in [0.29, 0.717) is 18.2 Å². The second-order valence-electron chi connectivity index (χ2n) is 10.5. The largest absolute Gasteiger partial charge is 0.562 e. The minimum Gasteiger partial charge on any atom is -0.334 e. The lowest BCUT2D eigenvalue weighted by Crippen LogP contribution is -2.18. The minimum atomic E-state index is -5.42. The van der Waals surface area contributed by atoms with Gasteiger partial charge < -0.3 is 9.13 Å². The van der Waals surface area contributed by atoms with Gasteiger partial charge in [-0.2, -0.15) is 49.2 Å². The summed E-state index contributed by atoms with van der Waals surface area (Å²) in [6, 6.07) is 4.79. The van der Waals surface area contributed by atoms with Crippen molar-refractivity contribution in [2.45, 2.75) is 25.5 Å². The van der Waals surface area contributed by atoms with Gasteiger partial charge in [0.15, 0.2) is 0 Å². The van der Waals surface area contributed by atoms with Crippen molar-refractivity contribution in [2.24, 2.45) is 14.1 Å². The average molecular weight is 683 g/mol. The third-order valence-electron chi connectivity index (χ3n) is 7.72. The molecule has 0 amide bonds. The zero-order chi connectivity index (χ0) is 36.4. The highest BCUT2D eigenvalue weighted by molar-refractivity contribution is 6.18. The van der Waals surface area contributed by atoms with Crippen LogP contribution >= 0.6 is 0 Å². The molecule has 0 bridgehead atoms. The molecule has 0 fully saturated rings. The van der Waals surface area contributed by atoms with Crippen LogP contribution in [0.1, 0.15) is 22.3 Å². The normalized spacial score (nSPS) is 12.7. The van der Waals surface area contributed by atoms with E-state index in [4.69, 9.17) is 19.7 Å². The number of nitrogens with zero attached hydrogens (tertiary/aromatic N) is 8. The highest BCUT2D eigenvalue weighted by Crippen LogP contribution is 2.49. The molecule has 0 saturated heterocycles. The molecule has 5 rings (SSSR count). The van der Waals surface area contributed by atoms with E-state index in [0.717, 1.165) is 12.1 Å². The minimum absolute atomic E-state index is 0.0168. The molecule has 5 aromatic rings. The van der Waals surface area contributed by atoms with E-state index in [1.807, 2.05) is 0 Å². The number of nitriles is 1. The van der Waals surface area contributed by atoms with Crippen molar-refractivity contribution in [1.29, 1.82) is 5.26 Å². The molecule has 49 heavy (non-hydrogen) atoms. The molecule has 17 heteroatoms. The van der Waals surface area contributed by atoms with E-state index < -0.39 is 57.9 Å². The summed E-state index contributed by atoms with van der Waals surface area (Å²) in [6.07, 6.45) is -15.4. The van der Waals surface area contributed by atoms with Crippen LogP contribution < -0.4 is 11.0 Å². The van der Waals surface area contributed by atoms with Gasteiger partial charge in [-0.1, -0.05) is 12.1 Å². The van der Waals surface area contributed by atoms with Crippen molar-refractivity contribution in [3.63, 3.8) is 0 Å². The van der Waals surface area contributed by atoms with Gasteiger partial charge in [0.25, 0.3) is 0 Å². The molecular weight excluding hydrogens is 667 g/mol. The maximum absolute atomic E-state index is 14.7. The van der Waals surface area contributed by atoms with Crippen LogP contribution in [0.5, 0.6) is 0 Å². The molecule has 2 heterocycles. The second-order valence-corrected chi connectivity index (χ2v) is 10.5. The van der Waals surface area contributed by atoms with Crippen molar-refractivity contribution in [3.8, 4) is 28.3 Å². The maximum Gasteiger partial charge on any atom is 0.562 e. The average Bonchev–Trinajstić information content (AvgIpc) is 3.52. The molecule has 0 N–H and O–H groups in total. The van der Waals surface area contributed by atoms with Gasteiger partial charge in [-0.15, -0.1) is 0 Å². The Balaban J connectivity index is 2.23. The third kappa shape index (κ3) is 5.45. The third-order valence-corrected chi connectivity index (χ3v) is 7.72. The van der Waals surface area contributed by atoms with Gasteiger partial charge in [-0.3, -0.25) is 0 Å². The molecule has 0 aliphatic rings. The second kappa shape index (κ2) is 11.4. The number of aryl methyl sites for hydroxylation is 3. The molecule has 0 atom stereocenters. The molecule has 3 aromatic carbocycles. The summed E-state index contributed by atoms with van der Waals surface area (Å²) < 4.78 is 129. The molecule has 0 aliphatic heterocycles. The number of hydrogen-bond acceptors (Lipinski definition) is 3. The highest BCUT2D eigenvalue weighted by atomic mass is 19.4. The van der Waals surface area contributed by atoms with E-state index in [-0.39, 0.29) is 55.8 Å². The lowest BCUT2D eigenvalue weighted by atomic mass is 9.86. The quantitative estimate of drug-likeness (QED) is 0.142. The first-order valence-electron chi connectivity index (χ1n) is 13.4. The Labute approximate surface area is 269 Å². The fourth-order valence-electron chi connectivity index (χ4n) is 5.60. The number of benzene rings is 3. The first kappa shape index (κ1) is 34.0. The van der Waals surface area contributed by atoms with Gasteiger partial charge in [-0.05, 0) is 47.9 Å². The summed E-state index contributed by atoms with van der Waals surface area (Å²) in [6.45, 7) is 23.6. The molecule has 0 spiro atoms. The molecule has 0 unspecified atom stereocenters. The lowest BCUT2D eigenvalue weighted by molar-refractivity contribution is -0.143. The SMILES string of the molecule is [C-]#[N+]C([N+]#[C-])=c1nc2c(-c3ccc(C(F)(F)F)cc3C)c(-c3ccc(C(F)(F)F)cc3C(F)(F)F)c3n/c(=C(\C#N)[N+]#[C-])n(C)c3c2n1C. The summed E-state index contributed by atoms with van der Waals surface area (Å²) in [4.78, 5) is 18.2. The Kier molecular flexibility index (Phi) is 7.93. The van der Waals surface area contributed by atoms with Gasteiger partial charge in [0.1, 0.15) is 18.6 Å². The van der Waals surface area contributed by atoms with E-state index >= 15 is 0 Å². The summed E-state index contributed by atoms with van der Waals surface area (Å²) in [5, 5.41) is 9.65. The van der Waals surface area contributed by atoms with Crippen molar-refractivity contribution >= 4 is 33.6 Å². The van der Waals surface area contributed by atoms with E-state index in [1.54, 1.807) is 6.07 Å². The number of fused-ring (bicyclic) bond motifs is 3. The monoisotopic (exact) mass is 682 g/mol. The number of halogens is 9. The van der Waals surface area contributed by atoms with Crippen LogP contribution in [-0.2, 0) is 32.6 Å². The standard InChI is InChI=1S/C32H15F9N8/c1-14-11-15(30(33,34)35)7-9-17(14)21-22(18-10-8-16(31(36,37)38)12-19(18)32(39,40)41)24-25(48(5)28(46-24)20(13-42)43-2)26-23(21)47-29(49(26)6)27(44-3)45-4/h7-12H,1,5-6H3/b28-20-. The summed E-state index contributed by atoms with van der Waals surface area (Å²) in [5.74, 6) is -0.596. The maximum atomic E-state index is 14.7. The van der Waals surface area contributed by atoms with Gasteiger partial charge in [0, 0.05) is 25.2 Å². The van der Waals surface area contributed by atoms with Crippen LogP contribution in [0.4, 0.5) is 39.5 Å². The van der Waals surface area contributed by atoms with E-state index in [9.17, 15) is 44.8 Å². The number of hydrogen-bond donors (Lipinski definition) is 0. The number of aromatic nitrogens is 4. The van der Waals surface area contributed by atoms with Gasteiger partial charge in [0.05, 0.1) is 51.4 Å². The fraction of sp³-hybridized carbons (Fsp3) is 0.188. The number of imidazole rings is 2. The summed E-state index contributed by atoms with van der Waals surface area (Å²) in [7, 11) is 2.65. The van der Waals surface area contributed by atoms with Crippen molar-refractivity contribution in [2.75, 3.05) is 0 Å². The molecule has 0 saturated carbocycles. The smallest absolute Gasteiger partial charge is 0.334 e. The van der Waals surface area contributed by atoms with Crippen LogP contribution in [0, 0.1) is 38.0 Å². The Hall–Kier alpha value is -6.33. The fourth-order valence-corrected chi connectivity index (χ4v) is 5.60. The summed E-state index contributed by atoms with van der Waals surface area (Å²) >= 11 is 0.